The highest BCUT2D eigenvalue weighted by Gasteiger charge is 2.65. The molecule has 1 unspecified atom stereocenters. The van der Waals surface area contributed by atoms with Crippen molar-refractivity contribution in [2.24, 2.45) is 0 Å². The van der Waals surface area contributed by atoms with Gasteiger partial charge in [-0.15, -0.1) is 0 Å². The van der Waals surface area contributed by atoms with Crippen LogP contribution in [0.2, 0.25) is 5.02 Å². The van der Waals surface area contributed by atoms with Crippen LogP contribution < -0.4 is 0 Å². The number of nitrogens with zero attached hydrogens (tertiary/aromatic N) is 3. The Hall–Kier alpha value is -1.39. The molecule has 2 aromatic rings. The first-order valence-corrected chi connectivity index (χ1v) is 6.21. The molecule has 5 heteroatoms. The SMILES string of the molecule is CC1(C)OC1(Cn1cncn1)c1ccccc1Cl. The van der Waals surface area contributed by atoms with Gasteiger partial charge in [-0.05, 0) is 19.9 Å². The molecule has 1 aromatic heterocycles. The number of hydrogen-bond donors (Lipinski definition) is 0. The summed E-state index contributed by atoms with van der Waals surface area (Å²) in [5.74, 6) is 0. The number of epoxide rings is 1. The third-order valence-corrected chi connectivity index (χ3v) is 3.85. The summed E-state index contributed by atoms with van der Waals surface area (Å²) in [4.78, 5) is 3.96. The zero-order chi connectivity index (χ0) is 12.8. The summed E-state index contributed by atoms with van der Waals surface area (Å²) in [5, 5.41) is 4.87. The molecule has 0 aliphatic carbocycles. The largest absolute Gasteiger partial charge is 0.356 e. The summed E-state index contributed by atoms with van der Waals surface area (Å²) < 4.78 is 7.73. The Bertz CT molecular complexity index is 567. The van der Waals surface area contributed by atoms with Gasteiger partial charge in [0.1, 0.15) is 18.3 Å². The van der Waals surface area contributed by atoms with Crippen LogP contribution in [0.1, 0.15) is 19.4 Å². The molecule has 0 saturated carbocycles. The zero-order valence-corrected chi connectivity index (χ0v) is 11.1. The first-order valence-electron chi connectivity index (χ1n) is 5.83. The Kier molecular flexibility index (Phi) is 2.47. The maximum atomic E-state index is 6.29. The van der Waals surface area contributed by atoms with E-state index in [9.17, 15) is 0 Å². The quantitative estimate of drug-likeness (QED) is 0.800. The van der Waals surface area contributed by atoms with Crippen molar-refractivity contribution in [3.63, 3.8) is 0 Å². The molecule has 1 aliphatic heterocycles. The van der Waals surface area contributed by atoms with Crippen molar-refractivity contribution in [2.45, 2.75) is 31.6 Å². The van der Waals surface area contributed by atoms with Gasteiger partial charge in [0.15, 0.2) is 0 Å². The van der Waals surface area contributed by atoms with Crippen molar-refractivity contribution >= 4 is 11.6 Å². The van der Waals surface area contributed by atoms with Crippen LogP contribution >= 0.6 is 11.6 Å². The van der Waals surface area contributed by atoms with Gasteiger partial charge in [-0.3, -0.25) is 0 Å². The van der Waals surface area contributed by atoms with Crippen molar-refractivity contribution in [1.29, 1.82) is 0 Å². The number of benzene rings is 1. The van der Waals surface area contributed by atoms with E-state index in [0.29, 0.717) is 6.54 Å². The molecular formula is C13H14ClN3O. The Morgan fingerprint density at radius 3 is 2.61 bits per heavy atom. The molecule has 1 aromatic carbocycles. The number of hydrogen-bond acceptors (Lipinski definition) is 3. The normalized spacial score (nSPS) is 25.1. The molecule has 0 N–H and O–H groups in total. The fourth-order valence-electron chi connectivity index (χ4n) is 2.43. The minimum atomic E-state index is -0.418. The van der Waals surface area contributed by atoms with Gasteiger partial charge < -0.3 is 4.74 Å². The second-order valence-corrected chi connectivity index (χ2v) is 5.42. The molecule has 1 atom stereocenters. The van der Waals surface area contributed by atoms with Gasteiger partial charge in [0.25, 0.3) is 0 Å². The van der Waals surface area contributed by atoms with Crippen molar-refractivity contribution < 1.29 is 4.74 Å². The van der Waals surface area contributed by atoms with Crippen LogP contribution in [-0.2, 0) is 16.9 Å². The summed E-state index contributed by atoms with van der Waals surface area (Å²) in [6.45, 7) is 4.74. The molecule has 1 aliphatic rings. The standard InChI is InChI=1S/C13H14ClN3O/c1-12(2)13(18-12,7-17-9-15-8-16-17)10-5-3-4-6-11(10)14/h3-6,8-9H,7H2,1-2H3. The van der Waals surface area contributed by atoms with Crippen LogP contribution in [0.3, 0.4) is 0 Å². The molecule has 1 fully saturated rings. The topological polar surface area (TPSA) is 43.2 Å². The van der Waals surface area contributed by atoms with Crippen molar-refractivity contribution in [3.05, 3.63) is 47.5 Å². The molecule has 0 amide bonds. The minimum absolute atomic E-state index is 0.246. The zero-order valence-electron chi connectivity index (χ0n) is 10.3. The van der Waals surface area contributed by atoms with Gasteiger partial charge in [0.2, 0.25) is 0 Å². The lowest BCUT2D eigenvalue weighted by Gasteiger charge is -2.17. The maximum Gasteiger partial charge on any atom is 0.143 e. The summed E-state index contributed by atoms with van der Waals surface area (Å²) in [7, 11) is 0. The molecule has 1 saturated heterocycles. The smallest absolute Gasteiger partial charge is 0.143 e. The van der Waals surface area contributed by atoms with E-state index in [1.54, 1.807) is 11.0 Å². The summed E-state index contributed by atoms with van der Waals surface area (Å²) in [5.41, 5.74) is 0.343. The second kappa shape index (κ2) is 3.80. The van der Waals surface area contributed by atoms with E-state index in [1.165, 1.54) is 6.33 Å². The fraction of sp³-hybridized carbons (Fsp3) is 0.385. The van der Waals surface area contributed by atoms with Crippen LogP contribution in [0.4, 0.5) is 0 Å². The molecule has 0 bridgehead atoms. The Morgan fingerprint density at radius 1 is 1.33 bits per heavy atom. The highest BCUT2D eigenvalue weighted by Crippen LogP contribution is 2.57. The monoisotopic (exact) mass is 263 g/mol. The van der Waals surface area contributed by atoms with Crippen LogP contribution in [0.5, 0.6) is 0 Å². The molecule has 4 nitrogen and oxygen atoms in total. The predicted molar refractivity (Wildman–Crippen MR) is 68.3 cm³/mol. The first-order chi connectivity index (χ1) is 8.55. The number of halogens is 1. The Labute approximate surface area is 111 Å². The lowest BCUT2D eigenvalue weighted by molar-refractivity contribution is 0.251. The molecule has 3 rings (SSSR count). The highest BCUT2D eigenvalue weighted by atomic mass is 35.5. The van der Waals surface area contributed by atoms with E-state index in [2.05, 4.69) is 23.9 Å². The third-order valence-electron chi connectivity index (χ3n) is 3.52. The van der Waals surface area contributed by atoms with Gasteiger partial charge in [-0.1, -0.05) is 29.8 Å². The summed E-state index contributed by atoms with van der Waals surface area (Å²) >= 11 is 6.29. The molecule has 94 valence electrons. The number of rotatable bonds is 3. The van der Waals surface area contributed by atoms with Crippen LogP contribution in [0.15, 0.2) is 36.9 Å². The van der Waals surface area contributed by atoms with Crippen LogP contribution in [0, 0.1) is 0 Å². The third kappa shape index (κ3) is 1.64. The molecule has 0 spiro atoms. The van der Waals surface area contributed by atoms with E-state index < -0.39 is 5.60 Å². The first kappa shape index (κ1) is 11.7. The lowest BCUT2D eigenvalue weighted by Crippen LogP contribution is -2.25. The van der Waals surface area contributed by atoms with Gasteiger partial charge >= 0.3 is 0 Å². The second-order valence-electron chi connectivity index (χ2n) is 5.01. The Morgan fingerprint density at radius 2 is 2.06 bits per heavy atom. The van der Waals surface area contributed by atoms with E-state index in [1.807, 2.05) is 24.3 Å². The van der Waals surface area contributed by atoms with E-state index >= 15 is 0 Å². The Balaban J connectivity index is 2.02. The van der Waals surface area contributed by atoms with Crippen molar-refractivity contribution in [2.75, 3.05) is 0 Å². The van der Waals surface area contributed by atoms with Crippen LogP contribution in [-0.4, -0.2) is 20.4 Å². The van der Waals surface area contributed by atoms with Crippen molar-refractivity contribution in [3.8, 4) is 0 Å². The lowest BCUT2D eigenvalue weighted by atomic mass is 9.88. The number of ether oxygens (including phenoxy) is 1. The molecule has 0 radical (unpaired) electrons. The van der Waals surface area contributed by atoms with E-state index in [-0.39, 0.29) is 5.60 Å². The van der Waals surface area contributed by atoms with Gasteiger partial charge in [-0.2, -0.15) is 5.10 Å². The average molecular weight is 264 g/mol. The highest BCUT2D eigenvalue weighted by molar-refractivity contribution is 6.31. The molecule has 2 heterocycles. The van der Waals surface area contributed by atoms with Gasteiger partial charge in [0.05, 0.1) is 12.1 Å². The van der Waals surface area contributed by atoms with Gasteiger partial charge in [-0.25, -0.2) is 9.67 Å². The van der Waals surface area contributed by atoms with E-state index in [0.717, 1.165) is 10.6 Å². The summed E-state index contributed by atoms with van der Waals surface area (Å²) in [6.07, 6.45) is 3.21. The number of aromatic nitrogens is 3. The fourth-order valence-corrected chi connectivity index (χ4v) is 2.72. The van der Waals surface area contributed by atoms with Gasteiger partial charge in [0, 0.05) is 10.6 Å². The summed E-state index contributed by atoms with van der Waals surface area (Å²) in [6, 6.07) is 7.79. The average Bonchev–Trinajstić information content (AvgIpc) is 2.69. The molecule has 18 heavy (non-hydrogen) atoms. The van der Waals surface area contributed by atoms with E-state index in [4.69, 9.17) is 16.3 Å². The van der Waals surface area contributed by atoms with Crippen LogP contribution in [0.25, 0.3) is 0 Å². The minimum Gasteiger partial charge on any atom is -0.356 e. The molecular weight excluding hydrogens is 250 g/mol. The van der Waals surface area contributed by atoms with Crippen molar-refractivity contribution in [1.82, 2.24) is 14.8 Å². The predicted octanol–water partition coefficient (Wildman–Crippen LogP) is 2.64. The maximum absolute atomic E-state index is 6.29.